The molecule has 0 fully saturated rings. The Labute approximate surface area is 117 Å². The van der Waals surface area contributed by atoms with Gasteiger partial charge in [-0.05, 0) is 30.3 Å². The number of rotatable bonds is 3. The molecule has 2 N–H and O–H groups in total. The number of anilines is 2. The van der Waals surface area contributed by atoms with Crippen LogP contribution < -0.4 is 15.4 Å². The third-order valence-electron chi connectivity index (χ3n) is 2.64. The summed E-state index contributed by atoms with van der Waals surface area (Å²) in [5.41, 5.74) is 1.94. The van der Waals surface area contributed by atoms with Crippen LogP contribution in [0.5, 0.6) is 5.75 Å². The average Bonchev–Trinajstić information content (AvgIpc) is 2.48. The molecule has 0 saturated heterocycles. The fourth-order valence-corrected chi connectivity index (χ4v) is 1.72. The molecule has 2 rings (SSSR count). The van der Waals surface area contributed by atoms with Gasteiger partial charge < -0.3 is 15.4 Å². The highest BCUT2D eigenvalue weighted by Gasteiger charge is 2.06. The van der Waals surface area contributed by atoms with E-state index in [1.165, 1.54) is 0 Å². The predicted molar refractivity (Wildman–Crippen MR) is 80.0 cm³/mol. The fourth-order valence-electron chi connectivity index (χ4n) is 1.72. The normalized spacial score (nSPS) is 9.40. The Morgan fingerprint density at radius 3 is 2.70 bits per heavy atom. The van der Waals surface area contributed by atoms with Gasteiger partial charge in [0.05, 0.1) is 12.8 Å². The third kappa shape index (κ3) is 3.30. The number of benzene rings is 2. The number of hydrogen-bond acceptors (Lipinski definition) is 2. The molecular weight excluding hydrogens is 252 g/mol. The molecule has 0 aliphatic heterocycles. The molecule has 0 bridgehead atoms. The highest BCUT2D eigenvalue weighted by molar-refractivity contribution is 6.00. The lowest BCUT2D eigenvalue weighted by molar-refractivity contribution is 0.262. The summed E-state index contributed by atoms with van der Waals surface area (Å²) in [4.78, 5) is 11.9. The van der Waals surface area contributed by atoms with Crippen molar-refractivity contribution in [3.8, 4) is 18.1 Å². The Kier molecular flexibility index (Phi) is 4.25. The molecule has 2 amide bonds. The van der Waals surface area contributed by atoms with Crippen LogP contribution >= 0.6 is 0 Å². The molecule has 20 heavy (non-hydrogen) atoms. The Hall–Kier alpha value is -2.93. The summed E-state index contributed by atoms with van der Waals surface area (Å²) in [5.74, 6) is 3.11. The van der Waals surface area contributed by atoms with Gasteiger partial charge in [-0.2, -0.15) is 0 Å². The summed E-state index contributed by atoms with van der Waals surface area (Å²) < 4.78 is 5.16. The summed E-state index contributed by atoms with van der Waals surface area (Å²) in [5, 5.41) is 5.44. The van der Waals surface area contributed by atoms with E-state index in [2.05, 4.69) is 16.6 Å². The smallest absolute Gasteiger partial charge is 0.323 e. The van der Waals surface area contributed by atoms with Crippen molar-refractivity contribution in [2.75, 3.05) is 17.7 Å². The summed E-state index contributed by atoms with van der Waals surface area (Å²) in [7, 11) is 1.55. The number of ether oxygens (including phenoxy) is 1. The summed E-state index contributed by atoms with van der Waals surface area (Å²) in [6.45, 7) is 0. The molecule has 0 unspecified atom stereocenters. The van der Waals surface area contributed by atoms with Crippen molar-refractivity contribution in [1.82, 2.24) is 0 Å². The minimum atomic E-state index is -0.358. The van der Waals surface area contributed by atoms with Crippen molar-refractivity contribution >= 4 is 17.4 Å². The lowest BCUT2D eigenvalue weighted by Gasteiger charge is -2.11. The third-order valence-corrected chi connectivity index (χ3v) is 2.64. The number of carbonyl (C=O) groups is 1. The maximum atomic E-state index is 11.9. The lowest BCUT2D eigenvalue weighted by atomic mass is 10.2. The highest BCUT2D eigenvalue weighted by Crippen LogP contribution is 2.23. The molecule has 100 valence electrons. The van der Waals surface area contributed by atoms with Crippen LogP contribution in [0.25, 0.3) is 0 Å². The highest BCUT2D eigenvalue weighted by atomic mass is 16.5. The number of methoxy groups -OCH3 is 1. The zero-order valence-corrected chi connectivity index (χ0v) is 11.0. The van der Waals surface area contributed by atoms with Gasteiger partial charge in [-0.25, -0.2) is 4.79 Å². The second-order valence-electron chi connectivity index (χ2n) is 4.00. The van der Waals surface area contributed by atoms with E-state index in [0.717, 1.165) is 0 Å². The van der Waals surface area contributed by atoms with E-state index < -0.39 is 0 Å². The number of para-hydroxylation sites is 2. The quantitative estimate of drug-likeness (QED) is 0.837. The lowest BCUT2D eigenvalue weighted by Crippen LogP contribution is -2.19. The van der Waals surface area contributed by atoms with Crippen molar-refractivity contribution in [1.29, 1.82) is 0 Å². The second kappa shape index (κ2) is 6.30. The van der Waals surface area contributed by atoms with E-state index in [-0.39, 0.29) is 6.03 Å². The topological polar surface area (TPSA) is 50.4 Å². The number of urea groups is 1. The summed E-state index contributed by atoms with van der Waals surface area (Å²) in [6.07, 6.45) is 5.32. The van der Waals surface area contributed by atoms with Crippen molar-refractivity contribution < 1.29 is 9.53 Å². The molecule has 0 radical (unpaired) electrons. The average molecular weight is 266 g/mol. The van der Waals surface area contributed by atoms with Gasteiger partial charge in [0.1, 0.15) is 5.75 Å². The Bertz CT molecular complexity index is 660. The standard InChI is InChI=1S/C16H14N2O2/c1-3-12-7-6-8-13(11-12)17-16(19)18-14-9-4-5-10-15(14)20-2/h1,4-11H,2H3,(H2,17,18,19). The van der Waals surface area contributed by atoms with Crippen LogP contribution in [-0.2, 0) is 0 Å². The molecule has 0 spiro atoms. The molecule has 0 aliphatic carbocycles. The maximum Gasteiger partial charge on any atom is 0.323 e. The van der Waals surface area contributed by atoms with Gasteiger partial charge in [-0.3, -0.25) is 0 Å². The van der Waals surface area contributed by atoms with Gasteiger partial charge in [0.2, 0.25) is 0 Å². The molecule has 4 nitrogen and oxygen atoms in total. The molecule has 0 saturated carbocycles. The van der Waals surface area contributed by atoms with E-state index in [0.29, 0.717) is 22.7 Å². The minimum Gasteiger partial charge on any atom is -0.495 e. The van der Waals surface area contributed by atoms with Crippen LogP contribution in [-0.4, -0.2) is 13.1 Å². The van der Waals surface area contributed by atoms with Crippen LogP contribution in [0.1, 0.15) is 5.56 Å². The van der Waals surface area contributed by atoms with E-state index in [4.69, 9.17) is 11.2 Å². The number of hydrogen-bond donors (Lipinski definition) is 2. The van der Waals surface area contributed by atoms with Crippen molar-refractivity contribution in [2.24, 2.45) is 0 Å². The summed E-state index contributed by atoms with van der Waals surface area (Å²) >= 11 is 0. The van der Waals surface area contributed by atoms with E-state index in [9.17, 15) is 4.79 Å². The Morgan fingerprint density at radius 2 is 1.95 bits per heavy atom. The van der Waals surface area contributed by atoms with Crippen molar-refractivity contribution in [3.05, 3.63) is 54.1 Å². The first-order valence-corrected chi connectivity index (χ1v) is 6.00. The molecule has 0 atom stereocenters. The SMILES string of the molecule is C#Cc1cccc(NC(=O)Nc2ccccc2OC)c1. The van der Waals surface area contributed by atoms with Gasteiger partial charge in [-0.15, -0.1) is 6.42 Å². The largest absolute Gasteiger partial charge is 0.495 e. The zero-order chi connectivity index (χ0) is 14.4. The number of amides is 2. The molecule has 0 aromatic heterocycles. The van der Waals surface area contributed by atoms with Gasteiger partial charge in [-0.1, -0.05) is 24.1 Å². The number of nitrogens with one attached hydrogen (secondary N) is 2. The first-order chi connectivity index (χ1) is 9.72. The molecule has 0 heterocycles. The van der Waals surface area contributed by atoms with Gasteiger partial charge in [0.25, 0.3) is 0 Å². The first kappa shape index (κ1) is 13.5. The van der Waals surface area contributed by atoms with Gasteiger partial charge in [0.15, 0.2) is 0 Å². The predicted octanol–water partition coefficient (Wildman–Crippen LogP) is 3.32. The van der Waals surface area contributed by atoms with E-state index >= 15 is 0 Å². The van der Waals surface area contributed by atoms with Gasteiger partial charge in [0, 0.05) is 11.3 Å². The number of carbonyl (C=O) groups excluding carboxylic acids is 1. The summed E-state index contributed by atoms with van der Waals surface area (Å²) in [6, 6.07) is 13.9. The van der Waals surface area contributed by atoms with E-state index in [1.54, 1.807) is 43.5 Å². The molecule has 4 heteroatoms. The monoisotopic (exact) mass is 266 g/mol. The van der Waals surface area contributed by atoms with Crippen LogP contribution in [0, 0.1) is 12.3 Å². The van der Waals surface area contributed by atoms with Gasteiger partial charge >= 0.3 is 6.03 Å². The molecular formula is C16H14N2O2. The van der Waals surface area contributed by atoms with Crippen molar-refractivity contribution in [2.45, 2.75) is 0 Å². The van der Waals surface area contributed by atoms with Crippen LogP contribution in [0.15, 0.2) is 48.5 Å². The minimum absolute atomic E-state index is 0.358. The van der Waals surface area contributed by atoms with Crippen LogP contribution in [0.3, 0.4) is 0 Å². The van der Waals surface area contributed by atoms with Crippen molar-refractivity contribution in [3.63, 3.8) is 0 Å². The fraction of sp³-hybridized carbons (Fsp3) is 0.0625. The Balaban J connectivity index is 2.07. The first-order valence-electron chi connectivity index (χ1n) is 6.00. The second-order valence-corrected chi connectivity index (χ2v) is 4.00. The van der Waals surface area contributed by atoms with Crippen LogP contribution in [0.2, 0.25) is 0 Å². The maximum absolute atomic E-state index is 11.9. The van der Waals surface area contributed by atoms with Crippen LogP contribution in [0.4, 0.5) is 16.2 Å². The Morgan fingerprint density at radius 1 is 1.15 bits per heavy atom. The molecule has 2 aromatic rings. The van der Waals surface area contributed by atoms with E-state index in [1.807, 2.05) is 12.1 Å². The number of terminal acetylenes is 1. The molecule has 0 aliphatic rings. The zero-order valence-electron chi connectivity index (χ0n) is 11.0. The molecule has 2 aromatic carbocycles.